The van der Waals surface area contributed by atoms with Crippen molar-refractivity contribution in [2.45, 2.75) is 60.4 Å². The van der Waals surface area contributed by atoms with Crippen LogP contribution in [-0.4, -0.2) is 60.3 Å². The molecule has 5 heterocycles. The zero-order chi connectivity index (χ0) is 53.5. The van der Waals surface area contributed by atoms with E-state index in [2.05, 4.69) is 91.0 Å². The number of pyridine rings is 2. The molecule has 1 atom stereocenters. The van der Waals surface area contributed by atoms with Gasteiger partial charge in [0.2, 0.25) is 0 Å². The Bertz CT molecular complexity index is 3470. The third-order valence-corrected chi connectivity index (χ3v) is 12.0. The summed E-state index contributed by atoms with van der Waals surface area (Å²) in [7, 11) is 0. The second-order valence-electron chi connectivity index (χ2n) is 17.7. The minimum absolute atomic E-state index is 0.240. The fourth-order valence-electron chi connectivity index (χ4n) is 8.24. The number of allylic oxidation sites excluding steroid dienone is 1. The molecule has 75 heavy (non-hydrogen) atoms. The fourth-order valence-corrected chi connectivity index (χ4v) is 8.24. The van der Waals surface area contributed by atoms with Crippen molar-refractivity contribution < 1.29 is 19.2 Å². The molecule has 0 saturated carbocycles. The summed E-state index contributed by atoms with van der Waals surface area (Å²) in [6.07, 6.45) is 11.5. The molecular formula is C58H57N13O4. The highest BCUT2D eigenvalue weighted by molar-refractivity contribution is 6.07. The molecule has 0 fully saturated rings. The summed E-state index contributed by atoms with van der Waals surface area (Å²) in [5.74, 6) is 11.1. The van der Waals surface area contributed by atoms with Crippen LogP contribution in [0.2, 0.25) is 0 Å². The van der Waals surface area contributed by atoms with E-state index in [0.29, 0.717) is 70.1 Å². The van der Waals surface area contributed by atoms with Gasteiger partial charge in [-0.1, -0.05) is 87.2 Å². The van der Waals surface area contributed by atoms with Crippen LogP contribution in [0.4, 0.5) is 17.5 Å². The molecule has 1 aliphatic heterocycles. The minimum Gasteiger partial charge on any atom is -0.382 e. The number of nitrogens with zero attached hydrogens (tertiary/aromatic N) is 6. The number of amides is 4. The zero-order valence-electron chi connectivity index (χ0n) is 42.4. The quantitative estimate of drug-likeness (QED) is 0.0513. The lowest BCUT2D eigenvalue weighted by molar-refractivity contribution is -0.116. The minimum atomic E-state index is -0.439. The molecule has 17 nitrogen and oxygen atoms in total. The third kappa shape index (κ3) is 13.4. The molecule has 8 rings (SSSR count). The maximum atomic E-state index is 13.0. The van der Waals surface area contributed by atoms with Gasteiger partial charge in [0.15, 0.2) is 0 Å². The second kappa shape index (κ2) is 24.5. The Hall–Kier alpha value is -9.87. The van der Waals surface area contributed by atoms with E-state index in [0.717, 1.165) is 39.8 Å². The molecule has 9 N–H and O–H groups in total. The van der Waals surface area contributed by atoms with Gasteiger partial charge in [-0.05, 0) is 127 Å². The van der Waals surface area contributed by atoms with Gasteiger partial charge in [-0.3, -0.25) is 23.6 Å². The molecule has 17 heteroatoms. The summed E-state index contributed by atoms with van der Waals surface area (Å²) >= 11 is 0. The van der Waals surface area contributed by atoms with Crippen LogP contribution in [0, 0.1) is 29.1 Å². The van der Waals surface area contributed by atoms with E-state index in [9.17, 15) is 19.2 Å². The largest absolute Gasteiger partial charge is 0.382 e. The molecular weight excluding hydrogens is 943 g/mol. The SMILES string of the molecule is CC#CC(=O)NCCC(C)(C)/C(=C1\NC=CN=C1N)c1ccc(C(=O)Nc2cc(CC)ccn2)cc1.CC#CC(=O)N[C@@H](C)c1nc(-c2ccc(C(=O)Nc3cc(-c4ccccc4)ccn3)cc2)c2c(N)nccn12. The van der Waals surface area contributed by atoms with Crippen molar-refractivity contribution in [1.82, 2.24) is 40.3 Å². The number of hydrogen-bond donors (Lipinski definition) is 7. The van der Waals surface area contributed by atoms with Crippen molar-refractivity contribution in [3.63, 3.8) is 0 Å². The van der Waals surface area contributed by atoms with E-state index in [-0.39, 0.29) is 17.7 Å². The van der Waals surface area contributed by atoms with Crippen molar-refractivity contribution in [3.05, 3.63) is 174 Å². The van der Waals surface area contributed by atoms with Gasteiger partial charge in [-0.25, -0.2) is 24.9 Å². The van der Waals surface area contributed by atoms with E-state index in [1.807, 2.05) is 73.7 Å². The molecule has 0 unspecified atom stereocenters. The van der Waals surface area contributed by atoms with Crippen molar-refractivity contribution in [3.8, 4) is 46.1 Å². The number of imidazole rings is 1. The first-order valence-corrected chi connectivity index (χ1v) is 24.1. The number of amidine groups is 1. The maximum Gasteiger partial charge on any atom is 0.296 e. The normalized spacial score (nSPS) is 12.6. The number of benzene rings is 3. The first-order chi connectivity index (χ1) is 36.2. The van der Waals surface area contributed by atoms with Gasteiger partial charge in [-0.15, -0.1) is 0 Å². The van der Waals surface area contributed by atoms with Crippen molar-refractivity contribution >= 4 is 58.0 Å². The zero-order valence-corrected chi connectivity index (χ0v) is 42.4. The van der Waals surface area contributed by atoms with Crippen molar-refractivity contribution in [2.24, 2.45) is 16.1 Å². The summed E-state index contributed by atoms with van der Waals surface area (Å²) in [6, 6.07) is 31.3. The molecule has 1 aliphatic rings. The summed E-state index contributed by atoms with van der Waals surface area (Å²) in [5.41, 5.74) is 20.5. The molecule has 0 radical (unpaired) electrons. The van der Waals surface area contributed by atoms with E-state index in [4.69, 9.17) is 16.5 Å². The Morgan fingerprint density at radius 2 is 1.36 bits per heavy atom. The molecule has 4 amide bonds. The van der Waals surface area contributed by atoms with Crippen LogP contribution in [-0.2, 0) is 16.0 Å². The number of nitrogens with one attached hydrogen (secondary N) is 5. The number of aliphatic imine (C=N–C) groups is 1. The van der Waals surface area contributed by atoms with Crippen LogP contribution in [0.25, 0.3) is 33.5 Å². The third-order valence-electron chi connectivity index (χ3n) is 12.0. The molecule has 0 bridgehead atoms. The monoisotopic (exact) mass is 999 g/mol. The van der Waals surface area contributed by atoms with E-state index in [1.165, 1.54) is 0 Å². The lowest BCUT2D eigenvalue weighted by Gasteiger charge is -2.32. The number of carbonyl (C=O) groups excluding carboxylic acids is 4. The van der Waals surface area contributed by atoms with Crippen molar-refractivity contribution in [1.29, 1.82) is 0 Å². The van der Waals surface area contributed by atoms with Crippen LogP contribution in [0.5, 0.6) is 0 Å². The van der Waals surface area contributed by atoms with Gasteiger partial charge >= 0.3 is 0 Å². The number of aryl methyl sites for hydroxylation is 1. The summed E-state index contributed by atoms with van der Waals surface area (Å²) in [4.78, 5) is 71.4. The Morgan fingerprint density at radius 1 is 0.733 bits per heavy atom. The molecule has 7 aromatic rings. The van der Waals surface area contributed by atoms with Gasteiger partial charge < -0.3 is 38.1 Å². The summed E-state index contributed by atoms with van der Waals surface area (Å²) in [5, 5.41) is 14.6. The number of fused-ring (bicyclic) bond motifs is 1. The number of nitrogen functional groups attached to an aromatic ring is 1. The number of aromatic nitrogens is 5. The lowest BCUT2D eigenvalue weighted by atomic mass is 9.76. The number of rotatable bonds is 14. The highest BCUT2D eigenvalue weighted by atomic mass is 16.2. The van der Waals surface area contributed by atoms with E-state index < -0.39 is 17.4 Å². The maximum absolute atomic E-state index is 13.0. The average molecular weight is 1000 g/mol. The smallest absolute Gasteiger partial charge is 0.296 e. The van der Waals surface area contributed by atoms with Gasteiger partial charge in [0, 0.05) is 60.4 Å². The Labute approximate surface area is 435 Å². The highest BCUT2D eigenvalue weighted by Gasteiger charge is 2.30. The van der Waals surface area contributed by atoms with Crippen LogP contribution in [0.15, 0.2) is 151 Å². The first-order valence-electron chi connectivity index (χ1n) is 24.1. The van der Waals surface area contributed by atoms with E-state index >= 15 is 0 Å². The van der Waals surface area contributed by atoms with Crippen LogP contribution in [0.1, 0.15) is 91.7 Å². The first kappa shape index (κ1) is 52.9. The number of hydrogen-bond acceptors (Lipinski definition) is 12. The van der Waals surface area contributed by atoms with E-state index in [1.54, 1.807) is 91.8 Å². The van der Waals surface area contributed by atoms with Gasteiger partial charge in [0.1, 0.15) is 40.3 Å². The number of carbonyl (C=O) groups is 4. The van der Waals surface area contributed by atoms with Gasteiger partial charge in [-0.2, -0.15) is 0 Å². The Kier molecular flexibility index (Phi) is 17.3. The summed E-state index contributed by atoms with van der Waals surface area (Å²) in [6.45, 7) is 11.7. The fraction of sp³-hybridized carbons (Fsp3) is 0.190. The predicted octanol–water partition coefficient (Wildman–Crippen LogP) is 8.09. The number of nitrogens with two attached hydrogens (primary N) is 2. The van der Waals surface area contributed by atoms with Crippen molar-refractivity contribution in [2.75, 3.05) is 22.9 Å². The number of anilines is 3. The average Bonchev–Trinajstić information content (AvgIpc) is 3.81. The second-order valence-corrected chi connectivity index (χ2v) is 17.7. The van der Waals surface area contributed by atoms with Crippen LogP contribution >= 0.6 is 0 Å². The molecule has 3 aromatic carbocycles. The topological polar surface area (TPSA) is 249 Å². The lowest BCUT2D eigenvalue weighted by Crippen LogP contribution is -2.33. The van der Waals surface area contributed by atoms with Gasteiger partial charge in [0.05, 0.1) is 11.7 Å². The Morgan fingerprint density at radius 3 is 2.01 bits per heavy atom. The van der Waals surface area contributed by atoms with Crippen LogP contribution < -0.4 is 38.1 Å². The Balaban J connectivity index is 0.000000220. The molecule has 0 saturated heterocycles. The predicted molar refractivity (Wildman–Crippen MR) is 294 cm³/mol. The summed E-state index contributed by atoms with van der Waals surface area (Å²) < 4.78 is 1.80. The molecule has 0 spiro atoms. The van der Waals surface area contributed by atoms with Crippen LogP contribution in [0.3, 0.4) is 0 Å². The molecule has 0 aliphatic carbocycles. The van der Waals surface area contributed by atoms with Gasteiger partial charge in [0.25, 0.3) is 23.6 Å². The standard InChI is InChI=1S/C30H25N7O2.C28H32N6O2/c1-3-7-25(38)34-19(2)29-36-26(27-28(31)33-16-17-37(27)29)21-10-12-22(13-11-21)30(39)35-24-18-23(14-15-32-24)20-8-5-4-6-9-20;1-5-7-23(35)31-15-13-28(3,4)24(25-26(29)33-17-16-32-25)20-8-10-21(11-9-20)27(36)34-22-18-19(6-2)12-14-30-22/h4-6,8-19H,1-2H3,(H2,31,33)(H,34,38)(H,32,35,39);8-12,14,16-18,32H,6,13,15H2,1-4H3,(H2,29,33)(H,31,35)(H,30,34,36)/b;25-24-/t19-;/m0./s1. The molecule has 4 aromatic heterocycles. The molecule has 378 valence electrons. The highest BCUT2D eigenvalue weighted by Crippen LogP contribution is 2.40.